The van der Waals surface area contributed by atoms with Crippen molar-refractivity contribution in [1.82, 2.24) is 4.90 Å². The van der Waals surface area contributed by atoms with Gasteiger partial charge in [-0.15, -0.1) is 0 Å². The number of nitrogens with zero attached hydrogens (tertiary/aromatic N) is 1. The third-order valence-corrected chi connectivity index (χ3v) is 5.40. The molecule has 0 radical (unpaired) electrons. The molecule has 1 N–H and O–H groups in total. The summed E-state index contributed by atoms with van der Waals surface area (Å²) in [7, 11) is 1.67. The SMILES string of the molecule is COc1ccc(C(c2ccc(C)cc2C)N2CCC(C(=O)O)CC2)cc1. The van der Waals surface area contributed by atoms with Crippen molar-refractivity contribution >= 4 is 5.97 Å². The van der Waals surface area contributed by atoms with Gasteiger partial charge < -0.3 is 9.84 Å². The van der Waals surface area contributed by atoms with Crippen LogP contribution in [0.15, 0.2) is 42.5 Å². The Kier molecular flexibility index (Phi) is 5.62. The average Bonchev–Trinajstić information content (AvgIpc) is 2.64. The van der Waals surface area contributed by atoms with Crippen molar-refractivity contribution < 1.29 is 14.6 Å². The lowest BCUT2D eigenvalue weighted by Crippen LogP contribution is -2.39. The Bertz CT molecular complexity index is 761. The smallest absolute Gasteiger partial charge is 0.306 e. The average molecular weight is 353 g/mol. The number of likely N-dealkylation sites (tertiary alicyclic amines) is 1. The minimum Gasteiger partial charge on any atom is -0.497 e. The number of methoxy groups -OCH3 is 1. The largest absolute Gasteiger partial charge is 0.497 e. The molecule has 3 rings (SSSR count). The lowest BCUT2D eigenvalue weighted by atomic mass is 9.89. The van der Waals surface area contributed by atoms with Gasteiger partial charge in [-0.1, -0.05) is 35.9 Å². The summed E-state index contributed by atoms with van der Waals surface area (Å²) in [6.45, 7) is 5.85. The quantitative estimate of drug-likeness (QED) is 0.875. The molecule has 1 atom stereocenters. The molecule has 0 spiro atoms. The summed E-state index contributed by atoms with van der Waals surface area (Å²) >= 11 is 0. The van der Waals surface area contributed by atoms with Crippen LogP contribution in [-0.2, 0) is 4.79 Å². The van der Waals surface area contributed by atoms with E-state index in [1.807, 2.05) is 12.1 Å². The highest BCUT2D eigenvalue weighted by atomic mass is 16.5. The topological polar surface area (TPSA) is 49.8 Å². The Morgan fingerprint density at radius 2 is 1.77 bits per heavy atom. The van der Waals surface area contributed by atoms with E-state index in [2.05, 4.69) is 49.1 Å². The fraction of sp³-hybridized carbons (Fsp3) is 0.409. The van der Waals surface area contributed by atoms with E-state index in [4.69, 9.17) is 4.74 Å². The molecule has 1 aliphatic rings. The first-order valence-corrected chi connectivity index (χ1v) is 9.17. The van der Waals surface area contributed by atoms with Gasteiger partial charge in [0.1, 0.15) is 5.75 Å². The van der Waals surface area contributed by atoms with E-state index >= 15 is 0 Å². The van der Waals surface area contributed by atoms with E-state index in [-0.39, 0.29) is 12.0 Å². The summed E-state index contributed by atoms with van der Waals surface area (Å²) in [5.41, 5.74) is 5.02. The zero-order valence-corrected chi connectivity index (χ0v) is 15.7. The number of carboxylic acid groups (broad SMARTS) is 1. The van der Waals surface area contributed by atoms with E-state index in [0.29, 0.717) is 12.8 Å². The minimum absolute atomic E-state index is 0.135. The molecule has 1 heterocycles. The molecule has 0 saturated carbocycles. The Hall–Kier alpha value is -2.33. The molecule has 2 aromatic rings. The summed E-state index contributed by atoms with van der Waals surface area (Å²) < 4.78 is 5.30. The Morgan fingerprint density at radius 1 is 1.12 bits per heavy atom. The Morgan fingerprint density at radius 3 is 2.31 bits per heavy atom. The molecule has 1 fully saturated rings. The van der Waals surface area contributed by atoms with Crippen molar-refractivity contribution in [2.75, 3.05) is 20.2 Å². The first-order chi connectivity index (χ1) is 12.5. The summed E-state index contributed by atoms with van der Waals surface area (Å²) in [6.07, 6.45) is 1.40. The lowest BCUT2D eigenvalue weighted by Gasteiger charge is -2.37. The van der Waals surface area contributed by atoms with Crippen LogP contribution in [0.25, 0.3) is 0 Å². The first-order valence-electron chi connectivity index (χ1n) is 9.17. The Labute approximate surface area is 155 Å². The van der Waals surface area contributed by atoms with Crippen molar-refractivity contribution in [3.8, 4) is 5.75 Å². The molecule has 2 aromatic carbocycles. The number of hydrogen-bond donors (Lipinski definition) is 1. The van der Waals surface area contributed by atoms with Crippen molar-refractivity contribution in [3.05, 3.63) is 64.7 Å². The van der Waals surface area contributed by atoms with Gasteiger partial charge >= 0.3 is 5.97 Å². The van der Waals surface area contributed by atoms with Gasteiger partial charge in [-0.05, 0) is 68.6 Å². The molecule has 138 valence electrons. The molecule has 1 aliphatic heterocycles. The molecule has 0 aliphatic carbocycles. The predicted octanol–water partition coefficient (Wildman–Crippen LogP) is 4.20. The van der Waals surface area contributed by atoms with Crippen LogP contribution < -0.4 is 4.74 Å². The zero-order valence-electron chi connectivity index (χ0n) is 15.7. The van der Waals surface area contributed by atoms with Crippen LogP contribution in [0.4, 0.5) is 0 Å². The number of piperidine rings is 1. The monoisotopic (exact) mass is 353 g/mol. The van der Waals surface area contributed by atoms with Crippen LogP contribution in [0.5, 0.6) is 5.75 Å². The van der Waals surface area contributed by atoms with Gasteiger partial charge in [-0.25, -0.2) is 0 Å². The number of benzene rings is 2. The van der Waals surface area contributed by atoms with Gasteiger partial charge in [0.15, 0.2) is 0 Å². The number of carbonyl (C=O) groups is 1. The van der Waals surface area contributed by atoms with Gasteiger partial charge in [-0.2, -0.15) is 0 Å². The van der Waals surface area contributed by atoms with E-state index in [1.54, 1.807) is 7.11 Å². The standard InChI is InChI=1S/C22H27NO3/c1-15-4-9-20(16(2)14-15)21(17-5-7-19(26-3)8-6-17)23-12-10-18(11-13-23)22(24)25/h4-9,14,18,21H,10-13H2,1-3H3,(H,24,25). The maximum atomic E-state index is 11.3. The third kappa shape index (κ3) is 3.91. The van der Waals surface area contributed by atoms with Gasteiger partial charge in [0.05, 0.1) is 19.1 Å². The molecule has 1 unspecified atom stereocenters. The maximum Gasteiger partial charge on any atom is 0.306 e. The van der Waals surface area contributed by atoms with E-state index in [0.717, 1.165) is 18.8 Å². The highest BCUT2D eigenvalue weighted by Gasteiger charge is 2.30. The number of rotatable bonds is 5. The summed E-state index contributed by atoms with van der Waals surface area (Å²) in [5, 5.41) is 9.30. The number of aliphatic carboxylic acids is 1. The van der Waals surface area contributed by atoms with Crippen molar-refractivity contribution in [3.63, 3.8) is 0 Å². The predicted molar refractivity (Wildman–Crippen MR) is 103 cm³/mol. The van der Waals surface area contributed by atoms with Crippen molar-refractivity contribution in [2.45, 2.75) is 32.7 Å². The van der Waals surface area contributed by atoms with E-state index in [9.17, 15) is 9.90 Å². The Balaban J connectivity index is 1.95. The van der Waals surface area contributed by atoms with E-state index in [1.165, 1.54) is 22.3 Å². The zero-order chi connectivity index (χ0) is 18.7. The summed E-state index contributed by atoms with van der Waals surface area (Å²) in [5.74, 6) is -0.0447. The number of ether oxygens (including phenoxy) is 1. The second-order valence-electron chi connectivity index (χ2n) is 7.18. The van der Waals surface area contributed by atoms with Crippen LogP contribution >= 0.6 is 0 Å². The van der Waals surface area contributed by atoms with Gasteiger partial charge in [-0.3, -0.25) is 9.69 Å². The molecule has 4 nitrogen and oxygen atoms in total. The normalized spacial score (nSPS) is 17.0. The van der Waals surface area contributed by atoms with Gasteiger partial charge in [0, 0.05) is 0 Å². The molecule has 0 bridgehead atoms. The second kappa shape index (κ2) is 7.92. The van der Waals surface area contributed by atoms with E-state index < -0.39 is 5.97 Å². The van der Waals surface area contributed by atoms with Crippen LogP contribution in [0.3, 0.4) is 0 Å². The van der Waals surface area contributed by atoms with Crippen molar-refractivity contribution in [2.24, 2.45) is 5.92 Å². The highest BCUT2D eigenvalue weighted by molar-refractivity contribution is 5.70. The lowest BCUT2D eigenvalue weighted by molar-refractivity contribution is -0.143. The van der Waals surface area contributed by atoms with Crippen molar-refractivity contribution in [1.29, 1.82) is 0 Å². The second-order valence-corrected chi connectivity index (χ2v) is 7.18. The van der Waals surface area contributed by atoms with Crippen LogP contribution in [0.1, 0.15) is 41.1 Å². The molecule has 4 heteroatoms. The maximum absolute atomic E-state index is 11.3. The number of carboxylic acids is 1. The van der Waals surface area contributed by atoms with Crippen LogP contribution in [0, 0.1) is 19.8 Å². The molecule has 1 saturated heterocycles. The molecule has 0 amide bonds. The molecule has 26 heavy (non-hydrogen) atoms. The van der Waals surface area contributed by atoms with Gasteiger partial charge in [0.2, 0.25) is 0 Å². The minimum atomic E-state index is -0.669. The fourth-order valence-corrected chi connectivity index (χ4v) is 3.91. The summed E-state index contributed by atoms with van der Waals surface area (Å²) in [6, 6.07) is 14.9. The third-order valence-electron chi connectivity index (χ3n) is 5.40. The molecule has 0 aromatic heterocycles. The summed E-state index contributed by atoms with van der Waals surface area (Å²) in [4.78, 5) is 13.7. The number of hydrogen-bond acceptors (Lipinski definition) is 3. The van der Waals surface area contributed by atoms with Gasteiger partial charge in [0.25, 0.3) is 0 Å². The fourth-order valence-electron chi connectivity index (χ4n) is 3.91. The number of aryl methyl sites for hydroxylation is 2. The van der Waals surface area contributed by atoms with Crippen LogP contribution in [-0.4, -0.2) is 36.2 Å². The molecular formula is C22H27NO3. The highest BCUT2D eigenvalue weighted by Crippen LogP contribution is 2.35. The molecular weight excluding hydrogens is 326 g/mol. The first kappa shape index (κ1) is 18.5. The van der Waals surface area contributed by atoms with Crippen LogP contribution in [0.2, 0.25) is 0 Å².